The molecule has 0 bridgehead atoms. The van der Waals surface area contributed by atoms with Gasteiger partial charge in [-0.1, -0.05) is 20.4 Å². The quantitative estimate of drug-likeness (QED) is 0.510. The van der Waals surface area contributed by atoms with E-state index >= 15 is 0 Å². The summed E-state index contributed by atoms with van der Waals surface area (Å²) in [5.41, 5.74) is -1.06. The number of thioether (sulfide) groups is 1. The molecule has 3 N–H and O–H groups in total. The molecular formula is C12H22N2O4S. The summed E-state index contributed by atoms with van der Waals surface area (Å²) < 4.78 is 0. The highest BCUT2D eigenvalue weighted by atomic mass is 32.2. The van der Waals surface area contributed by atoms with Crippen LogP contribution in [0.5, 0.6) is 0 Å². The lowest BCUT2D eigenvalue weighted by molar-refractivity contribution is -0.130. The third-order valence-corrected chi connectivity index (χ3v) is 2.46. The van der Waals surface area contributed by atoms with E-state index in [2.05, 4.69) is 17.2 Å². The number of hydrogen-bond donors (Lipinski definition) is 3. The SMILES string of the molecule is C=CC(=O)NC(C)(C)C(=O)NCCSC(=O)O.CC. The van der Waals surface area contributed by atoms with Gasteiger partial charge in [-0.05, 0) is 31.7 Å². The van der Waals surface area contributed by atoms with E-state index in [1.165, 1.54) is 0 Å². The van der Waals surface area contributed by atoms with Crippen molar-refractivity contribution < 1.29 is 19.5 Å². The highest BCUT2D eigenvalue weighted by Crippen LogP contribution is 2.03. The van der Waals surface area contributed by atoms with Crippen LogP contribution in [0.4, 0.5) is 4.79 Å². The third kappa shape index (κ3) is 10.1. The molecule has 0 aliphatic rings. The Bertz CT molecular complexity index is 330. The van der Waals surface area contributed by atoms with E-state index in [4.69, 9.17) is 5.11 Å². The number of carbonyl (C=O) groups is 3. The van der Waals surface area contributed by atoms with E-state index in [1.807, 2.05) is 13.8 Å². The van der Waals surface area contributed by atoms with Crippen molar-refractivity contribution in [2.24, 2.45) is 0 Å². The maximum absolute atomic E-state index is 11.6. The fourth-order valence-corrected chi connectivity index (χ4v) is 1.32. The maximum Gasteiger partial charge on any atom is 0.364 e. The van der Waals surface area contributed by atoms with Gasteiger partial charge in [0.2, 0.25) is 11.8 Å². The monoisotopic (exact) mass is 290 g/mol. The molecule has 0 spiro atoms. The Hall–Kier alpha value is -1.50. The Kier molecular flexibility index (Phi) is 10.9. The molecule has 0 unspecified atom stereocenters. The summed E-state index contributed by atoms with van der Waals surface area (Å²) in [4.78, 5) is 32.9. The molecule has 110 valence electrons. The molecule has 7 heteroatoms. The van der Waals surface area contributed by atoms with Gasteiger partial charge in [0, 0.05) is 12.3 Å². The van der Waals surface area contributed by atoms with Crippen molar-refractivity contribution >= 4 is 28.9 Å². The molecule has 0 rings (SSSR count). The van der Waals surface area contributed by atoms with Gasteiger partial charge in [-0.3, -0.25) is 9.59 Å². The lowest BCUT2D eigenvalue weighted by Gasteiger charge is -2.24. The van der Waals surface area contributed by atoms with Gasteiger partial charge in [0.25, 0.3) is 0 Å². The zero-order chi connectivity index (χ0) is 15.5. The van der Waals surface area contributed by atoms with Gasteiger partial charge in [-0.2, -0.15) is 0 Å². The van der Waals surface area contributed by atoms with Gasteiger partial charge < -0.3 is 15.7 Å². The standard InChI is InChI=1S/C10H16N2O4S.C2H6/c1-4-7(13)12-10(2,3)8(14)11-5-6-17-9(15)16;1-2/h4H,1,5-6H2,2-3H3,(H,11,14)(H,12,13)(H,15,16);1-2H3. The molecule has 0 aromatic rings. The van der Waals surface area contributed by atoms with Gasteiger partial charge in [0.05, 0.1) is 0 Å². The Labute approximate surface area is 118 Å². The summed E-state index contributed by atoms with van der Waals surface area (Å²) in [6.45, 7) is 10.6. The fourth-order valence-electron chi connectivity index (χ4n) is 0.940. The highest BCUT2D eigenvalue weighted by Gasteiger charge is 2.28. The van der Waals surface area contributed by atoms with Crippen LogP contribution < -0.4 is 10.6 Å². The van der Waals surface area contributed by atoms with Gasteiger partial charge in [0.1, 0.15) is 5.54 Å². The second-order valence-corrected chi connectivity index (χ2v) is 4.73. The van der Waals surface area contributed by atoms with Crippen molar-refractivity contribution in [3.05, 3.63) is 12.7 Å². The Morgan fingerprint density at radius 3 is 2.26 bits per heavy atom. The smallest absolute Gasteiger partial charge is 0.364 e. The van der Waals surface area contributed by atoms with E-state index in [0.29, 0.717) is 11.8 Å². The van der Waals surface area contributed by atoms with Crippen LogP contribution in [0.1, 0.15) is 27.7 Å². The van der Waals surface area contributed by atoms with Crippen LogP contribution in [0.25, 0.3) is 0 Å². The number of rotatable bonds is 6. The minimum Gasteiger partial charge on any atom is -0.473 e. The Morgan fingerprint density at radius 2 is 1.84 bits per heavy atom. The largest absolute Gasteiger partial charge is 0.473 e. The van der Waals surface area contributed by atoms with Crippen LogP contribution in [0.2, 0.25) is 0 Å². The van der Waals surface area contributed by atoms with Gasteiger partial charge in [-0.15, -0.1) is 0 Å². The molecule has 0 heterocycles. The lowest BCUT2D eigenvalue weighted by atomic mass is 10.0. The first-order valence-corrected chi connectivity index (χ1v) is 6.86. The van der Waals surface area contributed by atoms with Crippen LogP contribution >= 0.6 is 11.8 Å². The van der Waals surface area contributed by atoms with Crippen molar-refractivity contribution in [2.45, 2.75) is 33.2 Å². The van der Waals surface area contributed by atoms with Crippen molar-refractivity contribution in [1.82, 2.24) is 10.6 Å². The molecule has 0 aromatic heterocycles. The third-order valence-electron chi connectivity index (χ3n) is 1.80. The van der Waals surface area contributed by atoms with Crippen LogP contribution in [0, 0.1) is 0 Å². The molecule has 0 atom stereocenters. The summed E-state index contributed by atoms with van der Waals surface area (Å²) in [5.74, 6) is -0.546. The van der Waals surface area contributed by atoms with E-state index < -0.39 is 16.7 Å². The van der Waals surface area contributed by atoms with Crippen molar-refractivity contribution in [3.8, 4) is 0 Å². The Balaban J connectivity index is 0. The predicted molar refractivity (Wildman–Crippen MR) is 77.3 cm³/mol. The summed E-state index contributed by atoms with van der Waals surface area (Å²) in [5, 5.41) is 12.4. The van der Waals surface area contributed by atoms with Crippen LogP contribution in [0.3, 0.4) is 0 Å². The summed E-state index contributed by atoms with van der Waals surface area (Å²) in [7, 11) is 0. The van der Waals surface area contributed by atoms with Crippen LogP contribution in [-0.2, 0) is 9.59 Å². The van der Waals surface area contributed by atoms with Crippen molar-refractivity contribution in [1.29, 1.82) is 0 Å². The van der Waals surface area contributed by atoms with Gasteiger partial charge in [0.15, 0.2) is 0 Å². The number of carbonyl (C=O) groups excluding carboxylic acids is 2. The zero-order valence-electron chi connectivity index (χ0n) is 11.8. The second-order valence-electron chi connectivity index (χ2n) is 3.69. The zero-order valence-corrected chi connectivity index (χ0v) is 12.6. The van der Waals surface area contributed by atoms with Crippen LogP contribution in [0.15, 0.2) is 12.7 Å². The molecule has 0 aromatic carbocycles. The minimum absolute atomic E-state index is 0.225. The van der Waals surface area contributed by atoms with E-state index in [1.54, 1.807) is 13.8 Å². The lowest BCUT2D eigenvalue weighted by Crippen LogP contribution is -2.54. The van der Waals surface area contributed by atoms with Gasteiger partial charge in [-0.25, -0.2) is 4.79 Å². The molecule has 0 saturated heterocycles. The molecule has 0 aliphatic carbocycles. The van der Waals surface area contributed by atoms with Crippen molar-refractivity contribution in [2.75, 3.05) is 12.3 Å². The first-order valence-electron chi connectivity index (χ1n) is 5.88. The first kappa shape index (κ1) is 19.8. The fraction of sp³-hybridized carbons (Fsp3) is 0.583. The molecule has 0 saturated carbocycles. The number of amides is 2. The molecule has 2 amide bonds. The predicted octanol–water partition coefficient (Wildman–Crippen LogP) is 1.62. The Morgan fingerprint density at radius 1 is 1.32 bits per heavy atom. The molecular weight excluding hydrogens is 268 g/mol. The van der Waals surface area contributed by atoms with Crippen molar-refractivity contribution in [3.63, 3.8) is 0 Å². The normalized spacial score (nSPS) is 9.68. The maximum atomic E-state index is 11.6. The van der Waals surface area contributed by atoms with E-state index in [0.717, 1.165) is 6.08 Å². The van der Waals surface area contributed by atoms with E-state index in [9.17, 15) is 14.4 Å². The topological polar surface area (TPSA) is 95.5 Å². The molecule has 0 aliphatic heterocycles. The number of nitrogens with one attached hydrogen (secondary N) is 2. The first-order chi connectivity index (χ1) is 8.79. The molecule has 19 heavy (non-hydrogen) atoms. The number of hydrogen-bond acceptors (Lipinski definition) is 4. The molecule has 6 nitrogen and oxygen atoms in total. The molecule has 0 fully saturated rings. The minimum atomic E-state index is -1.06. The summed E-state index contributed by atoms with van der Waals surface area (Å²) in [6, 6.07) is 0. The number of carboxylic acid groups (broad SMARTS) is 1. The van der Waals surface area contributed by atoms with E-state index in [-0.39, 0.29) is 18.2 Å². The summed E-state index contributed by atoms with van der Waals surface area (Å²) in [6.07, 6.45) is 1.08. The average molecular weight is 290 g/mol. The second kappa shape index (κ2) is 10.4. The van der Waals surface area contributed by atoms with Gasteiger partial charge >= 0.3 is 5.30 Å². The molecule has 0 radical (unpaired) electrons. The highest BCUT2D eigenvalue weighted by molar-refractivity contribution is 8.13. The summed E-state index contributed by atoms with van der Waals surface area (Å²) >= 11 is 0.701. The van der Waals surface area contributed by atoms with Crippen LogP contribution in [-0.4, -0.2) is 40.1 Å². The average Bonchev–Trinajstić information content (AvgIpc) is 2.35.